The minimum absolute atomic E-state index is 0.00436. The molecule has 2 aromatic carbocycles. The number of phenols is 1. The lowest BCUT2D eigenvalue weighted by atomic mass is 10.1. The Balaban J connectivity index is 1.68. The van der Waals surface area contributed by atoms with Crippen LogP contribution in [0.5, 0.6) is 11.5 Å². The third-order valence-electron chi connectivity index (χ3n) is 5.03. The van der Waals surface area contributed by atoms with Crippen molar-refractivity contribution in [1.29, 1.82) is 5.41 Å². The number of aromatic hydroxyl groups is 1. The van der Waals surface area contributed by atoms with E-state index in [9.17, 15) is 13.5 Å². The summed E-state index contributed by atoms with van der Waals surface area (Å²) in [5, 5.41) is 17.2. The van der Waals surface area contributed by atoms with E-state index in [4.69, 9.17) is 15.2 Å². The summed E-state index contributed by atoms with van der Waals surface area (Å²) >= 11 is 0. The van der Waals surface area contributed by atoms with E-state index in [0.717, 1.165) is 12.8 Å². The van der Waals surface area contributed by atoms with E-state index in [-0.39, 0.29) is 21.4 Å². The first kappa shape index (κ1) is 24.7. The van der Waals surface area contributed by atoms with Crippen molar-refractivity contribution in [3.63, 3.8) is 0 Å². The first-order valence-corrected chi connectivity index (χ1v) is 12.5. The summed E-state index contributed by atoms with van der Waals surface area (Å²) in [4.78, 5) is 10.4. The monoisotopic (exact) mass is 447 g/mol. The van der Waals surface area contributed by atoms with Crippen molar-refractivity contribution < 1.29 is 23.3 Å². The smallest absolute Gasteiger partial charge is 0.238 e. The molecule has 0 spiro atoms. The third-order valence-corrected chi connectivity index (χ3v) is 6.81. The second-order valence-electron chi connectivity index (χ2n) is 7.64. The van der Waals surface area contributed by atoms with Crippen molar-refractivity contribution in [3.05, 3.63) is 48.5 Å². The summed E-state index contributed by atoms with van der Waals surface area (Å²) in [6, 6.07) is 11.2. The van der Waals surface area contributed by atoms with Crippen molar-refractivity contribution in [2.45, 2.75) is 80.9 Å². The fraction of sp³-hybridized carbons (Fsp3) is 0.458. The van der Waals surface area contributed by atoms with Crippen molar-refractivity contribution in [3.8, 4) is 11.5 Å². The number of hydrogen-bond acceptors (Lipinski definition) is 6. The lowest BCUT2D eigenvalue weighted by Gasteiger charge is -2.08. The van der Waals surface area contributed by atoms with Crippen LogP contribution in [0.2, 0.25) is 0 Å². The SMILES string of the molecule is CCCCCCCCCCCC(=N)OOc1ccc(S(=O)(=O)c2ccc(O)cc2)cc1. The van der Waals surface area contributed by atoms with Gasteiger partial charge in [0.05, 0.1) is 9.79 Å². The van der Waals surface area contributed by atoms with Crippen molar-refractivity contribution in [1.82, 2.24) is 0 Å². The summed E-state index contributed by atoms with van der Waals surface area (Å²) < 4.78 is 25.2. The van der Waals surface area contributed by atoms with Crippen LogP contribution in [0.1, 0.15) is 71.1 Å². The molecule has 0 saturated carbocycles. The van der Waals surface area contributed by atoms with Crippen molar-refractivity contribution >= 4 is 15.7 Å². The highest BCUT2D eigenvalue weighted by molar-refractivity contribution is 7.91. The number of sulfone groups is 1. The van der Waals surface area contributed by atoms with Gasteiger partial charge in [-0.2, -0.15) is 0 Å². The van der Waals surface area contributed by atoms with Crippen molar-refractivity contribution in [2.24, 2.45) is 0 Å². The lowest BCUT2D eigenvalue weighted by molar-refractivity contribution is -0.120. The zero-order valence-electron chi connectivity index (χ0n) is 18.2. The molecule has 0 radical (unpaired) electrons. The summed E-state index contributed by atoms with van der Waals surface area (Å²) in [7, 11) is -3.68. The normalized spacial score (nSPS) is 11.3. The van der Waals surface area contributed by atoms with Gasteiger partial charge >= 0.3 is 0 Å². The Bertz CT molecular complexity index is 893. The molecule has 0 unspecified atom stereocenters. The molecule has 2 N–H and O–H groups in total. The lowest BCUT2D eigenvalue weighted by Crippen LogP contribution is -2.07. The molecule has 0 heterocycles. The Labute approximate surface area is 185 Å². The van der Waals surface area contributed by atoms with Gasteiger partial charge in [-0.15, -0.1) is 0 Å². The van der Waals surface area contributed by atoms with Crippen LogP contribution >= 0.6 is 0 Å². The standard InChI is InChI=1S/C24H33NO5S/c1-2-3-4-5-6-7-8-9-10-11-24(25)30-29-21-14-18-23(19-15-21)31(27,28)22-16-12-20(26)13-17-22/h12-19,25-26H,2-11H2,1H3. The van der Waals surface area contributed by atoms with Gasteiger partial charge < -0.3 is 5.11 Å². The van der Waals surface area contributed by atoms with Crippen LogP contribution in [-0.4, -0.2) is 19.4 Å². The van der Waals surface area contributed by atoms with Crippen LogP contribution in [-0.2, 0) is 14.7 Å². The average Bonchev–Trinajstić information content (AvgIpc) is 2.77. The minimum Gasteiger partial charge on any atom is -0.508 e. The Kier molecular flexibility index (Phi) is 10.4. The fourth-order valence-corrected chi connectivity index (χ4v) is 4.43. The molecule has 31 heavy (non-hydrogen) atoms. The number of phenolic OH excluding ortho intramolecular Hbond substituents is 1. The van der Waals surface area contributed by atoms with Gasteiger partial charge in [0.2, 0.25) is 15.7 Å². The van der Waals surface area contributed by atoms with Gasteiger partial charge in [-0.05, 0) is 55.0 Å². The molecular weight excluding hydrogens is 414 g/mol. The maximum atomic E-state index is 12.6. The highest BCUT2D eigenvalue weighted by Gasteiger charge is 2.17. The minimum atomic E-state index is -3.68. The van der Waals surface area contributed by atoms with Gasteiger partial charge in [0.25, 0.3) is 0 Å². The quantitative estimate of drug-likeness (QED) is 0.114. The van der Waals surface area contributed by atoms with Gasteiger partial charge in [0.1, 0.15) is 5.75 Å². The fourth-order valence-electron chi connectivity index (χ4n) is 3.17. The van der Waals surface area contributed by atoms with Gasteiger partial charge in [-0.3, -0.25) is 15.2 Å². The molecule has 0 aliphatic heterocycles. The number of rotatable bonds is 14. The van der Waals surface area contributed by atoms with Crippen molar-refractivity contribution in [2.75, 3.05) is 0 Å². The Morgan fingerprint density at radius 1 is 0.806 bits per heavy atom. The molecule has 0 bridgehead atoms. The zero-order valence-corrected chi connectivity index (χ0v) is 19.0. The molecule has 0 saturated heterocycles. The first-order chi connectivity index (χ1) is 14.9. The predicted molar refractivity (Wildman–Crippen MR) is 121 cm³/mol. The molecule has 6 nitrogen and oxygen atoms in total. The van der Waals surface area contributed by atoms with Gasteiger partial charge in [0, 0.05) is 6.42 Å². The van der Waals surface area contributed by atoms with E-state index in [0.29, 0.717) is 12.2 Å². The summed E-state index contributed by atoms with van der Waals surface area (Å²) in [6.45, 7) is 2.22. The van der Waals surface area contributed by atoms with Crippen LogP contribution in [0.15, 0.2) is 58.3 Å². The molecule has 2 rings (SSSR count). The van der Waals surface area contributed by atoms with Crippen LogP contribution < -0.4 is 4.89 Å². The highest BCUT2D eigenvalue weighted by atomic mass is 32.2. The number of benzene rings is 2. The molecule has 0 fully saturated rings. The van der Waals surface area contributed by atoms with E-state index in [1.54, 1.807) is 0 Å². The van der Waals surface area contributed by atoms with Crippen LogP contribution in [0, 0.1) is 5.41 Å². The molecule has 0 aromatic heterocycles. The van der Waals surface area contributed by atoms with E-state index in [1.165, 1.54) is 93.5 Å². The second-order valence-corrected chi connectivity index (χ2v) is 9.59. The molecule has 7 heteroatoms. The Hall–Kier alpha value is -2.54. The van der Waals surface area contributed by atoms with E-state index >= 15 is 0 Å². The summed E-state index contributed by atoms with van der Waals surface area (Å²) in [6.07, 6.45) is 11.4. The molecule has 0 atom stereocenters. The van der Waals surface area contributed by atoms with Crippen LogP contribution in [0.4, 0.5) is 0 Å². The second kappa shape index (κ2) is 13.0. The van der Waals surface area contributed by atoms with E-state index in [2.05, 4.69) is 6.92 Å². The molecule has 0 aliphatic carbocycles. The zero-order chi connectivity index (χ0) is 22.5. The largest absolute Gasteiger partial charge is 0.508 e. The third kappa shape index (κ3) is 8.61. The van der Waals surface area contributed by atoms with Crippen LogP contribution in [0.25, 0.3) is 0 Å². The number of nitrogens with one attached hydrogen (secondary N) is 1. The molecule has 0 amide bonds. The summed E-state index contributed by atoms with van der Waals surface area (Å²) in [5.41, 5.74) is 0. The topological polar surface area (TPSA) is 96.7 Å². The molecule has 170 valence electrons. The Morgan fingerprint density at radius 2 is 1.29 bits per heavy atom. The number of unbranched alkanes of at least 4 members (excludes halogenated alkanes) is 8. The molecule has 2 aromatic rings. The first-order valence-electron chi connectivity index (χ1n) is 11.0. The van der Waals surface area contributed by atoms with E-state index in [1.807, 2.05) is 0 Å². The molecule has 0 aliphatic rings. The summed E-state index contributed by atoms with van der Waals surface area (Å²) in [5.74, 6) is 0.384. The van der Waals surface area contributed by atoms with Gasteiger partial charge in [-0.25, -0.2) is 8.42 Å². The van der Waals surface area contributed by atoms with Gasteiger partial charge in [0.15, 0.2) is 5.75 Å². The molecular formula is C24H33NO5S. The average molecular weight is 448 g/mol. The Morgan fingerprint density at radius 3 is 1.84 bits per heavy atom. The van der Waals surface area contributed by atoms with Gasteiger partial charge in [-0.1, -0.05) is 58.3 Å². The highest BCUT2D eigenvalue weighted by Crippen LogP contribution is 2.24. The maximum Gasteiger partial charge on any atom is 0.238 e. The maximum absolute atomic E-state index is 12.6. The number of hydrogen-bond donors (Lipinski definition) is 2. The van der Waals surface area contributed by atoms with Crippen LogP contribution in [0.3, 0.4) is 0 Å². The van der Waals surface area contributed by atoms with E-state index < -0.39 is 9.84 Å². The predicted octanol–water partition coefficient (Wildman–Crippen LogP) is 6.43.